The SMILES string of the molecule is CCOc1cc(C(C)(C)C)ccc1C1=[NH+][C@@](C)(c2ccc(Cl)cc2)[C@@](C)(c2ccc(Cl)cc2)N1C(=O)N1CCN(CCCS(C)(=O)=O)CC1. The molecule has 0 spiro atoms. The molecule has 3 aromatic rings. The molecule has 1 saturated heterocycles. The minimum absolute atomic E-state index is 0.107. The maximum absolute atomic E-state index is 15.2. The highest BCUT2D eigenvalue weighted by atomic mass is 35.5. The van der Waals surface area contributed by atoms with Crippen LogP contribution in [0.1, 0.15) is 70.2 Å². The Labute approximate surface area is 302 Å². The molecule has 2 aliphatic heterocycles. The third kappa shape index (κ3) is 7.65. The van der Waals surface area contributed by atoms with Gasteiger partial charge >= 0.3 is 6.03 Å². The topological polar surface area (TPSA) is 84.1 Å². The Balaban J connectivity index is 1.65. The average molecular weight is 729 g/mol. The lowest BCUT2D eigenvalue weighted by Crippen LogP contribution is -2.84. The Morgan fingerprint density at radius 2 is 1.47 bits per heavy atom. The van der Waals surface area contributed by atoms with Crippen LogP contribution in [-0.2, 0) is 26.3 Å². The molecule has 0 radical (unpaired) electrons. The Hall–Kier alpha value is -3.11. The molecular weight excluding hydrogens is 679 g/mol. The van der Waals surface area contributed by atoms with Gasteiger partial charge in [-0.2, -0.15) is 4.90 Å². The van der Waals surface area contributed by atoms with Gasteiger partial charge in [-0.15, -0.1) is 0 Å². The molecule has 0 bridgehead atoms. The van der Waals surface area contributed by atoms with Crippen LogP contribution in [-0.4, -0.2) is 86.3 Å². The van der Waals surface area contributed by atoms with Crippen molar-refractivity contribution in [3.8, 4) is 5.75 Å². The number of nitrogens with one attached hydrogen (secondary N) is 1. The van der Waals surface area contributed by atoms with Gasteiger partial charge < -0.3 is 9.64 Å². The van der Waals surface area contributed by atoms with Gasteiger partial charge in [-0.05, 0) is 81.1 Å². The van der Waals surface area contributed by atoms with E-state index in [2.05, 4.69) is 62.7 Å². The van der Waals surface area contributed by atoms with Crippen LogP contribution in [0.4, 0.5) is 4.79 Å². The van der Waals surface area contributed by atoms with E-state index in [-0.39, 0.29) is 17.2 Å². The van der Waals surface area contributed by atoms with Crippen molar-refractivity contribution in [2.75, 3.05) is 51.3 Å². The summed E-state index contributed by atoms with van der Waals surface area (Å²) in [5.41, 5.74) is 1.91. The van der Waals surface area contributed by atoms with Crippen molar-refractivity contribution in [2.45, 2.75) is 64.5 Å². The second-order valence-corrected chi connectivity index (χ2v) is 17.6. The van der Waals surface area contributed by atoms with E-state index in [0.29, 0.717) is 67.4 Å². The van der Waals surface area contributed by atoms with Crippen LogP contribution < -0.4 is 9.73 Å². The molecule has 1 fully saturated rings. The van der Waals surface area contributed by atoms with E-state index >= 15 is 4.79 Å². The van der Waals surface area contributed by atoms with Crippen molar-refractivity contribution in [3.05, 3.63) is 99.0 Å². The molecule has 8 nitrogen and oxygen atoms in total. The first-order valence-electron chi connectivity index (χ1n) is 16.9. The summed E-state index contributed by atoms with van der Waals surface area (Å²) < 4.78 is 29.7. The summed E-state index contributed by atoms with van der Waals surface area (Å²) in [5.74, 6) is 1.51. The molecule has 49 heavy (non-hydrogen) atoms. The minimum atomic E-state index is -3.02. The zero-order valence-corrected chi connectivity index (χ0v) is 32.0. The number of hydrogen-bond donors (Lipinski definition) is 1. The molecule has 11 heteroatoms. The van der Waals surface area contributed by atoms with E-state index < -0.39 is 20.9 Å². The summed E-state index contributed by atoms with van der Waals surface area (Å²) >= 11 is 12.8. The molecule has 1 N–H and O–H groups in total. The van der Waals surface area contributed by atoms with Gasteiger partial charge in [0.1, 0.15) is 21.2 Å². The van der Waals surface area contributed by atoms with Crippen molar-refractivity contribution in [1.82, 2.24) is 14.7 Å². The van der Waals surface area contributed by atoms with Gasteiger partial charge in [0.15, 0.2) is 11.1 Å². The number of halogens is 2. The van der Waals surface area contributed by atoms with Crippen LogP contribution in [0.25, 0.3) is 0 Å². The highest BCUT2D eigenvalue weighted by Gasteiger charge is 2.66. The standard InChI is InChI=1S/C38H48Cl2N4O4S/c1-8-48-33-26-29(36(2,3)4)14-19-32(33)34-41-37(5,27-10-15-30(39)16-11-27)38(6,28-12-17-31(40)18-13-28)44(34)35(45)43-23-21-42(22-24-43)20-9-25-49(7,46)47/h10-19,26H,8-9,20-25H2,1-7H3/p+1/t37-,38+/m0/s1. The van der Waals surface area contributed by atoms with Gasteiger partial charge in [-0.1, -0.05) is 74.3 Å². The number of ether oxygens (including phenoxy) is 1. The first-order valence-corrected chi connectivity index (χ1v) is 19.7. The first-order chi connectivity index (χ1) is 23.0. The fourth-order valence-corrected chi connectivity index (χ4v) is 7.88. The lowest BCUT2D eigenvalue weighted by atomic mass is 9.71. The van der Waals surface area contributed by atoms with Crippen LogP contribution in [0.5, 0.6) is 5.75 Å². The van der Waals surface area contributed by atoms with Crippen LogP contribution in [0, 0.1) is 0 Å². The second-order valence-electron chi connectivity index (χ2n) is 14.5. The van der Waals surface area contributed by atoms with Gasteiger partial charge in [0.05, 0.1) is 12.4 Å². The largest absolute Gasteiger partial charge is 0.493 e. The molecule has 2 aliphatic rings. The summed E-state index contributed by atoms with van der Waals surface area (Å²) in [6.45, 7) is 16.2. The molecule has 3 aromatic carbocycles. The molecule has 0 unspecified atom stereocenters. The van der Waals surface area contributed by atoms with Gasteiger partial charge in [0.2, 0.25) is 0 Å². The summed E-state index contributed by atoms with van der Waals surface area (Å²) in [5, 5.41) is 1.23. The summed E-state index contributed by atoms with van der Waals surface area (Å²) in [6, 6.07) is 21.6. The van der Waals surface area contributed by atoms with Crippen molar-refractivity contribution in [3.63, 3.8) is 0 Å². The monoisotopic (exact) mass is 727 g/mol. The third-order valence-corrected chi connectivity index (χ3v) is 11.6. The van der Waals surface area contributed by atoms with Crippen LogP contribution in [0.15, 0.2) is 66.7 Å². The normalized spacial score (nSPS) is 21.9. The number of carbonyl (C=O) groups is 1. The minimum Gasteiger partial charge on any atom is -0.493 e. The molecule has 264 valence electrons. The summed E-state index contributed by atoms with van der Waals surface area (Å²) in [6.07, 6.45) is 1.84. The number of sulfone groups is 1. The van der Waals surface area contributed by atoms with E-state index in [1.807, 2.05) is 65.3 Å². The number of amidine groups is 1. The van der Waals surface area contributed by atoms with Crippen LogP contribution in [0.3, 0.4) is 0 Å². The predicted octanol–water partition coefficient (Wildman–Crippen LogP) is 5.84. The second kappa shape index (κ2) is 14.3. The first kappa shape index (κ1) is 37.2. The zero-order chi connectivity index (χ0) is 35.8. The number of nitrogens with zero attached hydrogens (tertiary/aromatic N) is 3. The molecule has 5 rings (SSSR count). The Kier molecular flexibility index (Phi) is 10.8. The fourth-order valence-electron chi connectivity index (χ4n) is 6.98. The Morgan fingerprint density at radius 3 is 2.00 bits per heavy atom. The third-order valence-electron chi connectivity index (χ3n) is 10.1. The number of benzene rings is 3. The molecule has 2 amide bonds. The maximum atomic E-state index is 15.2. The number of urea groups is 1. The van der Waals surface area contributed by atoms with Gasteiger partial charge in [0.25, 0.3) is 5.84 Å². The van der Waals surface area contributed by atoms with Crippen molar-refractivity contribution in [1.29, 1.82) is 0 Å². The quantitative estimate of drug-likeness (QED) is 0.300. The Bertz CT molecular complexity index is 1800. The highest BCUT2D eigenvalue weighted by molar-refractivity contribution is 7.90. The van der Waals surface area contributed by atoms with Crippen LogP contribution >= 0.6 is 23.2 Å². The Morgan fingerprint density at radius 1 is 0.898 bits per heavy atom. The number of carbonyl (C=O) groups excluding carboxylic acids is 1. The van der Waals surface area contributed by atoms with E-state index in [0.717, 1.165) is 22.3 Å². The van der Waals surface area contributed by atoms with Gasteiger partial charge in [-0.25, -0.2) is 13.2 Å². The molecule has 0 aromatic heterocycles. The van der Waals surface area contributed by atoms with Crippen molar-refractivity contribution >= 4 is 44.9 Å². The van der Waals surface area contributed by atoms with E-state index in [9.17, 15) is 8.42 Å². The molecule has 0 saturated carbocycles. The number of hydrogen-bond acceptors (Lipinski definition) is 5. The lowest BCUT2D eigenvalue weighted by molar-refractivity contribution is -0.561. The van der Waals surface area contributed by atoms with E-state index in [1.165, 1.54) is 6.26 Å². The summed E-state index contributed by atoms with van der Waals surface area (Å²) in [7, 11) is -3.02. The molecule has 0 aliphatic carbocycles. The van der Waals surface area contributed by atoms with E-state index in [4.69, 9.17) is 27.9 Å². The van der Waals surface area contributed by atoms with Crippen LogP contribution in [0.2, 0.25) is 10.0 Å². The number of amides is 2. The molecular formula is C38H49Cl2N4O4S+. The number of piperazine rings is 1. The zero-order valence-electron chi connectivity index (χ0n) is 29.6. The van der Waals surface area contributed by atoms with Gasteiger partial charge in [-0.3, -0.25) is 9.89 Å². The summed E-state index contributed by atoms with van der Waals surface area (Å²) in [4.78, 5) is 25.1. The fraction of sp³-hybridized carbons (Fsp3) is 0.474. The number of rotatable bonds is 9. The van der Waals surface area contributed by atoms with Crippen molar-refractivity contribution in [2.24, 2.45) is 0 Å². The maximum Gasteiger partial charge on any atom is 0.412 e. The van der Waals surface area contributed by atoms with Gasteiger partial charge in [0, 0.05) is 53.6 Å². The molecule has 2 atom stereocenters. The van der Waals surface area contributed by atoms with E-state index in [1.54, 1.807) is 0 Å². The van der Waals surface area contributed by atoms with Crippen molar-refractivity contribution < 1.29 is 22.9 Å². The lowest BCUT2D eigenvalue weighted by Gasteiger charge is -2.42. The molecule has 2 heterocycles. The predicted molar refractivity (Wildman–Crippen MR) is 199 cm³/mol. The highest BCUT2D eigenvalue weighted by Crippen LogP contribution is 2.47. The smallest absolute Gasteiger partial charge is 0.412 e. The average Bonchev–Trinajstić information content (AvgIpc) is 3.28.